The van der Waals surface area contributed by atoms with Crippen LogP contribution in [0.25, 0.3) is 0 Å². The minimum Gasteiger partial charge on any atom is -0.322 e. The third-order valence-corrected chi connectivity index (χ3v) is 2.92. The summed E-state index contributed by atoms with van der Waals surface area (Å²) in [4.78, 5) is 8.57. The van der Waals surface area contributed by atoms with Crippen LogP contribution in [0.3, 0.4) is 0 Å². The number of hydrogen-bond acceptors (Lipinski definition) is 3. The number of hydrogen-bond donors (Lipinski definition) is 1. The highest BCUT2D eigenvalue weighted by molar-refractivity contribution is 5.29. The van der Waals surface area contributed by atoms with Crippen molar-refractivity contribution in [2.24, 2.45) is 5.73 Å². The second-order valence-corrected chi connectivity index (χ2v) is 4.89. The van der Waals surface area contributed by atoms with Crippen molar-refractivity contribution in [2.75, 3.05) is 0 Å². The Labute approximate surface area is 108 Å². The third kappa shape index (κ3) is 3.14. The van der Waals surface area contributed by atoms with Gasteiger partial charge in [0, 0.05) is 6.20 Å². The van der Waals surface area contributed by atoms with Gasteiger partial charge in [0.05, 0.1) is 23.6 Å². The first-order chi connectivity index (χ1) is 8.54. The number of aromatic nitrogens is 2. The molecule has 18 heavy (non-hydrogen) atoms. The van der Waals surface area contributed by atoms with Gasteiger partial charge in [-0.1, -0.05) is 29.3 Å². The highest BCUT2D eigenvalue weighted by atomic mass is 14.8. The second-order valence-electron chi connectivity index (χ2n) is 4.89. The van der Waals surface area contributed by atoms with Gasteiger partial charge in [0.25, 0.3) is 0 Å². The van der Waals surface area contributed by atoms with Crippen LogP contribution < -0.4 is 5.73 Å². The van der Waals surface area contributed by atoms with E-state index in [2.05, 4.69) is 42.0 Å². The maximum absolute atomic E-state index is 6.17. The Morgan fingerprint density at radius 1 is 1.00 bits per heavy atom. The van der Waals surface area contributed by atoms with Crippen molar-refractivity contribution in [1.29, 1.82) is 0 Å². The summed E-state index contributed by atoms with van der Waals surface area (Å²) in [5.41, 5.74) is 11.7. The van der Waals surface area contributed by atoms with Crippen molar-refractivity contribution in [3.05, 3.63) is 58.7 Å². The zero-order valence-corrected chi connectivity index (χ0v) is 11.1. The highest BCUT2D eigenvalue weighted by Crippen LogP contribution is 2.16. The molecule has 0 saturated heterocycles. The number of nitrogens with zero attached hydrogens (tertiary/aromatic N) is 2. The predicted octanol–water partition coefficient (Wildman–Crippen LogP) is 2.64. The summed E-state index contributed by atoms with van der Waals surface area (Å²) in [5.74, 6) is 0. The Hall–Kier alpha value is -1.74. The monoisotopic (exact) mass is 241 g/mol. The van der Waals surface area contributed by atoms with Crippen LogP contribution in [0.5, 0.6) is 0 Å². The smallest absolute Gasteiger partial charge is 0.0757 e. The van der Waals surface area contributed by atoms with E-state index in [-0.39, 0.29) is 6.04 Å². The summed E-state index contributed by atoms with van der Waals surface area (Å²) in [6.07, 6.45) is 4.32. The van der Waals surface area contributed by atoms with Crippen molar-refractivity contribution >= 4 is 0 Å². The van der Waals surface area contributed by atoms with Gasteiger partial charge in [-0.05, 0) is 32.8 Å². The van der Waals surface area contributed by atoms with Gasteiger partial charge in [-0.3, -0.25) is 9.97 Å². The first-order valence-electron chi connectivity index (χ1n) is 6.16. The van der Waals surface area contributed by atoms with E-state index < -0.39 is 0 Å². The van der Waals surface area contributed by atoms with Gasteiger partial charge in [-0.2, -0.15) is 0 Å². The van der Waals surface area contributed by atoms with Crippen molar-refractivity contribution in [3.8, 4) is 0 Å². The Bertz CT molecular complexity index is 512. The molecule has 2 N–H and O–H groups in total. The average molecular weight is 241 g/mol. The Balaban J connectivity index is 2.15. The van der Waals surface area contributed by atoms with Gasteiger partial charge in [-0.15, -0.1) is 0 Å². The lowest BCUT2D eigenvalue weighted by Gasteiger charge is -2.12. The SMILES string of the molecule is Cc1cc(C)cc(CC(N)c2cnc(C)cn2)c1. The normalized spacial score (nSPS) is 12.4. The van der Waals surface area contributed by atoms with Crippen molar-refractivity contribution in [2.45, 2.75) is 33.2 Å². The van der Waals surface area contributed by atoms with E-state index in [9.17, 15) is 0 Å². The number of aryl methyl sites for hydroxylation is 3. The van der Waals surface area contributed by atoms with Gasteiger partial charge >= 0.3 is 0 Å². The molecule has 0 aliphatic carbocycles. The summed E-state index contributed by atoms with van der Waals surface area (Å²) in [6.45, 7) is 6.13. The molecule has 0 spiro atoms. The maximum Gasteiger partial charge on any atom is 0.0757 e. The van der Waals surface area contributed by atoms with E-state index >= 15 is 0 Å². The molecule has 1 unspecified atom stereocenters. The van der Waals surface area contributed by atoms with E-state index in [0.29, 0.717) is 0 Å². The molecule has 1 heterocycles. The summed E-state index contributed by atoms with van der Waals surface area (Å²) < 4.78 is 0. The molecule has 3 heteroatoms. The fraction of sp³-hybridized carbons (Fsp3) is 0.333. The lowest BCUT2D eigenvalue weighted by atomic mass is 10.0. The lowest BCUT2D eigenvalue weighted by Crippen LogP contribution is -2.15. The zero-order valence-electron chi connectivity index (χ0n) is 11.1. The van der Waals surface area contributed by atoms with Crippen molar-refractivity contribution in [3.63, 3.8) is 0 Å². The molecule has 0 saturated carbocycles. The van der Waals surface area contributed by atoms with E-state index in [0.717, 1.165) is 17.8 Å². The molecule has 94 valence electrons. The van der Waals surface area contributed by atoms with Crippen LogP contribution in [-0.4, -0.2) is 9.97 Å². The second kappa shape index (κ2) is 5.27. The average Bonchev–Trinajstić information content (AvgIpc) is 2.28. The maximum atomic E-state index is 6.17. The zero-order chi connectivity index (χ0) is 13.1. The first kappa shape index (κ1) is 12.7. The van der Waals surface area contributed by atoms with Crippen LogP contribution in [0, 0.1) is 20.8 Å². The molecular formula is C15H19N3. The largest absolute Gasteiger partial charge is 0.322 e. The molecular weight excluding hydrogens is 222 g/mol. The topological polar surface area (TPSA) is 51.8 Å². The van der Waals surface area contributed by atoms with Crippen molar-refractivity contribution < 1.29 is 0 Å². The van der Waals surface area contributed by atoms with E-state index in [1.54, 1.807) is 12.4 Å². The number of rotatable bonds is 3. The Morgan fingerprint density at radius 2 is 1.67 bits per heavy atom. The van der Waals surface area contributed by atoms with Crippen LogP contribution in [-0.2, 0) is 6.42 Å². The Morgan fingerprint density at radius 3 is 2.22 bits per heavy atom. The fourth-order valence-electron chi connectivity index (χ4n) is 2.14. The molecule has 0 aliphatic heterocycles. The molecule has 2 aromatic rings. The Kier molecular flexibility index (Phi) is 3.72. The van der Waals surface area contributed by atoms with Crippen LogP contribution >= 0.6 is 0 Å². The van der Waals surface area contributed by atoms with Crippen LogP contribution in [0.2, 0.25) is 0 Å². The van der Waals surface area contributed by atoms with Gasteiger partial charge in [0.2, 0.25) is 0 Å². The number of nitrogens with two attached hydrogens (primary N) is 1. The summed E-state index contributed by atoms with van der Waals surface area (Å²) in [6, 6.07) is 6.42. The molecule has 0 fully saturated rings. The highest BCUT2D eigenvalue weighted by Gasteiger charge is 2.09. The third-order valence-electron chi connectivity index (χ3n) is 2.92. The van der Waals surface area contributed by atoms with Crippen LogP contribution in [0.1, 0.15) is 34.1 Å². The molecule has 2 rings (SSSR count). The first-order valence-corrected chi connectivity index (χ1v) is 6.16. The van der Waals surface area contributed by atoms with Crippen LogP contribution in [0.4, 0.5) is 0 Å². The van der Waals surface area contributed by atoms with E-state index in [4.69, 9.17) is 5.73 Å². The van der Waals surface area contributed by atoms with Gasteiger partial charge < -0.3 is 5.73 Å². The lowest BCUT2D eigenvalue weighted by molar-refractivity contribution is 0.689. The van der Waals surface area contributed by atoms with Gasteiger partial charge in [0.1, 0.15) is 0 Å². The molecule has 1 aromatic carbocycles. The predicted molar refractivity (Wildman–Crippen MR) is 73.3 cm³/mol. The molecule has 1 atom stereocenters. The summed E-state index contributed by atoms with van der Waals surface area (Å²) >= 11 is 0. The van der Waals surface area contributed by atoms with Crippen molar-refractivity contribution in [1.82, 2.24) is 9.97 Å². The minimum absolute atomic E-state index is 0.0979. The minimum atomic E-state index is -0.0979. The molecule has 0 amide bonds. The van der Waals surface area contributed by atoms with E-state index in [1.807, 2.05) is 6.92 Å². The molecule has 3 nitrogen and oxygen atoms in total. The van der Waals surface area contributed by atoms with Gasteiger partial charge in [0.15, 0.2) is 0 Å². The van der Waals surface area contributed by atoms with Gasteiger partial charge in [-0.25, -0.2) is 0 Å². The summed E-state index contributed by atoms with van der Waals surface area (Å²) in [5, 5.41) is 0. The molecule has 0 bridgehead atoms. The molecule has 0 radical (unpaired) electrons. The molecule has 0 aliphatic rings. The number of benzene rings is 1. The fourth-order valence-corrected chi connectivity index (χ4v) is 2.14. The molecule has 1 aromatic heterocycles. The quantitative estimate of drug-likeness (QED) is 0.898. The van der Waals surface area contributed by atoms with Crippen LogP contribution in [0.15, 0.2) is 30.6 Å². The standard InChI is InChI=1S/C15H19N3/c1-10-4-11(2)6-13(5-10)7-14(16)15-9-17-12(3)8-18-15/h4-6,8-9,14H,7,16H2,1-3H3. The van der Waals surface area contributed by atoms with E-state index in [1.165, 1.54) is 16.7 Å². The summed E-state index contributed by atoms with van der Waals surface area (Å²) in [7, 11) is 0.